The van der Waals surface area contributed by atoms with Gasteiger partial charge < -0.3 is 15.8 Å². The fourth-order valence-electron chi connectivity index (χ4n) is 2.54. The van der Waals surface area contributed by atoms with Crippen molar-refractivity contribution in [1.82, 2.24) is 14.8 Å². The van der Waals surface area contributed by atoms with E-state index in [1.165, 1.54) is 6.92 Å². The van der Waals surface area contributed by atoms with Crippen molar-refractivity contribution in [1.29, 1.82) is 5.41 Å². The fourth-order valence-corrected chi connectivity index (χ4v) is 2.77. The van der Waals surface area contributed by atoms with E-state index < -0.39 is 54.7 Å². The van der Waals surface area contributed by atoms with Crippen LogP contribution in [0.15, 0.2) is 18.5 Å². The first-order chi connectivity index (χ1) is 14.3. The highest BCUT2D eigenvalue weighted by Gasteiger charge is 2.43. The average Bonchev–Trinajstić information content (AvgIpc) is 3.03. The van der Waals surface area contributed by atoms with Gasteiger partial charge in [-0.05, 0) is 12.0 Å². The van der Waals surface area contributed by atoms with Crippen LogP contribution < -0.4 is 11.1 Å². The number of aromatic nitrogens is 3. The van der Waals surface area contributed by atoms with Crippen LogP contribution in [0.3, 0.4) is 0 Å². The number of amides is 1. The van der Waals surface area contributed by atoms with Crippen LogP contribution >= 0.6 is 11.6 Å². The number of nitrogens with two attached hydrogens (primary N) is 1. The van der Waals surface area contributed by atoms with Gasteiger partial charge in [0.05, 0.1) is 23.1 Å². The molecule has 2 heterocycles. The number of carbonyl (C=O) groups is 1. The molecule has 0 aliphatic carbocycles. The molecule has 0 saturated heterocycles. The highest BCUT2D eigenvalue weighted by molar-refractivity contribution is 6.34. The molecule has 0 bridgehead atoms. The van der Waals surface area contributed by atoms with E-state index in [1.54, 1.807) is 0 Å². The van der Waals surface area contributed by atoms with Crippen molar-refractivity contribution in [3.8, 4) is 0 Å². The molecule has 8 nitrogen and oxygen atoms in total. The minimum atomic E-state index is -4.88. The summed E-state index contributed by atoms with van der Waals surface area (Å²) in [4.78, 5) is 15.6. The Morgan fingerprint density at radius 1 is 1.42 bits per heavy atom. The molecule has 4 N–H and O–H groups in total. The number of amidine groups is 1. The van der Waals surface area contributed by atoms with Gasteiger partial charge in [0, 0.05) is 12.0 Å². The third-order valence-corrected chi connectivity index (χ3v) is 4.24. The second-order valence-corrected chi connectivity index (χ2v) is 6.70. The summed E-state index contributed by atoms with van der Waals surface area (Å²) in [5, 5.41) is 12.0. The molecule has 0 aliphatic heterocycles. The van der Waals surface area contributed by atoms with Crippen LogP contribution in [0.1, 0.15) is 41.9 Å². The average molecular weight is 473 g/mol. The number of pyridine rings is 1. The van der Waals surface area contributed by atoms with Gasteiger partial charge >= 0.3 is 12.7 Å². The lowest BCUT2D eigenvalue weighted by atomic mass is 9.95. The van der Waals surface area contributed by atoms with Gasteiger partial charge in [-0.3, -0.25) is 10.2 Å². The SMILES string of the molecule is C[C@@H](C[C@H](OC(=N)N)C(F)(F)F)c1cc(NC(=O)c2nn(C(F)F)cc2Cl)cnc1F. The van der Waals surface area contributed by atoms with E-state index in [-0.39, 0.29) is 21.0 Å². The smallest absolute Gasteiger partial charge is 0.425 e. The summed E-state index contributed by atoms with van der Waals surface area (Å²) >= 11 is 5.70. The molecule has 2 aromatic heterocycles. The standard InChI is InChI=1S/C16H15ClF6N6O2/c1-6(2-10(16(21,22)23)31-15(24)25)8-3-7(4-26-12(8)18)27-13(30)11-9(17)5-29(28-11)14(19)20/h3-6,10,14H,2H2,1H3,(H3,24,25)(H,27,30)/t6-,10-/m0/s1. The van der Waals surface area contributed by atoms with Gasteiger partial charge in [0.25, 0.3) is 11.9 Å². The van der Waals surface area contributed by atoms with Crippen molar-refractivity contribution in [2.45, 2.75) is 38.1 Å². The van der Waals surface area contributed by atoms with Crippen molar-refractivity contribution in [3.63, 3.8) is 0 Å². The van der Waals surface area contributed by atoms with Gasteiger partial charge in [-0.25, -0.2) is 9.67 Å². The van der Waals surface area contributed by atoms with Gasteiger partial charge in [0.15, 0.2) is 11.8 Å². The Labute approximate surface area is 175 Å². The monoisotopic (exact) mass is 472 g/mol. The van der Waals surface area contributed by atoms with Crippen molar-refractivity contribution < 1.29 is 35.9 Å². The van der Waals surface area contributed by atoms with Gasteiger partial charge in [-0.1, -0.05) is 18.5 Å². The van der Waals surface area contributed by atoms with Crippen LogP contribution in [-0.2, 0) is 4.74 Å². The van der Waals surface area contributed by atoms with E-state index in [4.69, 9.17) is 22.7 Å². The van der Waals surface area contributed by atoms with E-state index in [2.05, 4.69) is 20.1 Å². The van der Waals surface area contributed by atoms with Crippen molar-refractivity contribution >= 4 is 29.2 Å². The summed E-state index contributed by atoms with van der Waals surface area (Å²) in [6.07, 6.45) is -6.56. The quantitative estimate of drug-likeness (QED) is 0.243. The molecule has 1 amide bonds. The topological polar surface area (TPSA) is 119 Å². The molecule has 0 aliphatic rings. The van der Waals surface area contributed by atoms with E-state index in [0.717, 1.165) is 18.5 Å². The largest absolute Gasteiger partial charge is 0.453 e. The highest BCUT2D eigenvalue weighted by Crippen LogP contribution is 2.33. The lowest BCUT2D eigenvalue weighted by molar-refractivity contribution is -0.202. The van der Waals surface area contributed by atoms with E-state index in [9.17, 15) is 31.1 Å². The van der Waals surface area contributed by atoms with E-state index in [0.29, 0.717) is 0 Å². The normalized spacial score (nSPS) is 13.7. The van der Waals surface area contributed by atoms with Crippen LogP contribution in [0, 0.1) is 11.4 Å². The van der Waals surface area contributed by atoms with Crippen LogP contribution in [0.25, 0.3) is 0 Å². The number of rotatable bonds is 7. The Balaban J connectivity index is 2.22. The van der Waals surface area contributed by atoms with Gasteiger partial charge in [0.2, 0.25) is 5.95 Å². The third-order valence-electron chi connectivity index (χ3n) is 3.96. The van der Waals surface area contributed by atoms with Crippen LogP contribution in [0.2, 0.25) is 5.02 Å². The maximum atomic E-state index is 14.1. The summed E-state index contributed by atoms with van der Waals surface area (Å²) in [6, 6.07) is -0.140. The molecular formula is C16H15ClF6N6O2. The lowest BCUT2D eigenvalue weighted by Crippen LogP contribution is -2.37. The summed E-state index contributed by atoms with van der Waals surface area (Å²) in [6.45, 7) is -1.80. The number of nitrogens with zero attached hydrogens (tertiary/aromatic N) is 3. The Bertz CT molecular complexity index is 967. The molecule has 0 aromatic carbocycles. The summed E-state index contributed by atoms with van der Waals surface area (Å²) < 4.78 is 83.1. The number of ether oxygens (including phenoxy) is 1. The predicted octanol–water partition coefficient (Wildman–Crippen LogP) is 4.05. The molecule has 0 radical (unpaired) electrons. The first-order valence-electron chi connectivity index (χ1n) is 8.36. The molecule has 0 saturated carbocycles. The number of alkyl halides is 5. The van der Waals surface area contributed by atoms with Crippen LogP contribution in [-0.4, -0.2) is 39.0 Å². The Kier molecular flexibility index (Phi) is 7.36. The highest BCUT2D eigenvalue weighted by atomic mass is 35.5. The molecule has 15 heteroatoms. The molecule has 2 aromatic rings. The number of hydrogen-bond acceptors (Lipinski definition) is 5. The van der Waals surface area contributed by atoms with E-state index in [1.807, 2.05) is 0 Å². The second-order valence-electron chi connectivity index (χ2n) is 6.29. The lowest BCUT2D eigenvalue weighted by Gasteiger charge is -2.24. The first-order valence-corrected chi connectivity index (χ1v) is 8.74. The number of hydrogen-bond donors (Lipinski definition) is 3. The number of anilines is 1. The van der Waals surface area contributed by atoms with Gasteiger partial charge in [-0.2, -0.15) is 31.4 Å². The Morgan fingerprint density at radius 3 is 2.58 bits per heavy atom. The van der Waals surface area contributed by atoms with Crippen LogP contribution in [0.5, 0.6) is 0 Å². The molecule has 170 valence electrons. The molecule has 0 fully saturated rings. The molecule has 2 rings (SSSR count). The minimum absolute atomic E-state index is 0.146. The number of carbonyl (C=O) groups excluding carboxylic acids is 1. The second kappa shape index (κ2) is 9.41. The zero-order valence-corrected chi connectivity index (χ0v) is 16.3. The number of halogens is 7. The van der Waals surface area contributed by atoms with E-state index >= 15 is 0 Å². The molecule has 2 atom stereocenters. The zero-order valence-electron chi connectivity index (χ0n) is 15.6. The minimum Gasteiger partial charge on any atom is -0.453 e. The van der Waals surface area contributed by atoms with Crippen molar-refractivity contribution in [2.75, 3.05) is 5.32 Å². The first kappa shape index (κ1) is 24.2. The Morgan fingerprint density at radius 2 is 2.06 bits per heavy atom. The van der Waals surface area contributed by atoms with Crippen LogP contribution in [0.4, 0.5) is 32.0 Å². The summed E-state index contributed by atoms with van der Waals surface area (Å²) in [5.74, 6) is -3.25. The zero-order chi connectivity index (χ0) is 23.5. The maximum absolute atomic E-state index is 14.1. The predicted molar refractivity (Wildman–Crippen MR) is 96.5 cm³/mol. The third kappa shape index (κ3) is 6.23. The Hall–Kier alpha value is -3.03. The van der Waals surface area contributed by atoms with Crippen molar-refractivity contribution in [2.24, 2.45) is 5.73 Å². The van der Waals surface area contributed by atoms with Gasteiger partial charge in [0.1, 0.15) is 0 Å². The summed E-state index contributed by atoms with van der Waals surface area (Å²) in [7, 11) is 0. The number of nitrogens with one attached hydrogen (secondary N) is 2. The maximum Gasteiger partial charge on any atom is 0.425 e. The molecular weight excluding hydrogens is 458 g/mol. The molecule has 31 heavy (non-hydrogen) atoms. The molecule has 0 spiro atoms. The summed E-state index contributed by atoms with van der Waals surface area (Å²) in [5.41, 5.74) is 3.87. The fraction of sp³-hybridized carbons (Fsp3) is 0.375. The molecule has 0 unspecified atom stereocenters. The van der Waals surface area contributed by atoms with Gasteiger partial charge in [-0.15, -0.1) is 0 Å². The van der Waals surface area contributed by atoms with Crippen molar-refractivity contribution in [3.05, 3.63) is 40.7 Å².